The summed E-state index contributed by atoms with van der Waals surface area (Å²) in [6, 6.07) is 0.844. The summed E-state index contributed by atoms with van der Waals surface area (Å²) < 4.78 is 0. The summed E-state index contributed by atoms with van der Waals surface area (Å²) in [7, 11) is 0. The van der Waals surface area contributed by atoms with E-state index in [-0.39, 0.29) is 0 Å². The molecule has 0 bridgehead atoms. The monoisotopic (exact) mass is 209 g/mol. The van der Waals surface area contributed by atoms with Gasteiger partial charge in [0, 0.05) is 6.04 Å². The van der Waals surface area contributed by atoms with Crippen molar-refractivity contribution < 1.29 is 0 Å². The van der Waals surface area contributed by atoms with Gasteiger partial charge in [0.25, 0.3) is 0 Å². The average molecular weight is 209 g/mol. The lowest BCUT2D eigenvalue weighted by atomic mass is 9.73. The fourth-order valence-electron chi connectivity index (χ4n) is 3.66. The van der Waals surface area contributed by atoms with Crippen molar-refractivity contribution in [2.75, 3.05) is 6.54 Å². The minimum absolute atomic E-state index is 0.844. The van der Waals surface area contributed by atoms with Crippen LogP contribution in [0.3, 0.4) is 0 Å². The minimum atomic E-state index is 0.844. The Bertz CT molecular complexity index is 182. The van der Waals surface area contributed by atoms with Gasteiger partial charge in [-0.3, -0.25) is 0 Å². The quantitative estimate of drug-likeness (QED) is 0.733. The molecule has 2 aliphatic rings. The molecule has 0 aromatic carbocycles. The Morgan fingerprint density at radius 3 is 2.40 bits per heavy atom. The lowest BCUT2D eigenvalue weighted by Gasteiger charge is -2.39. The van der Waals surface area contributed by atoms with Crippen molar-refractivity contribution in [3.63, 3.8) is 0 Å². The van der Waals surface area contributed by atoms with Gasteiger partial charge in [0.05, 0.1) is 0 Å². The summed E-state index contributed by atoms with van der Waals surface area (Å²) in [5, 5.41) is 3.77. The molecule has 2 rings (SSSR count). The van der Waals surface area contributed by atoms with Crippen molar-refractivity contribution in [3.8, 4) is 0 Å². The maximum Gasteiger partial charge on any atom is 0.0121 e. The average Bonchev–Trinajstić information content (AvgIpc) is 2.30. The largest absolute Gasteiger partial charge is 0.313 e. The second-order valence-electron chi connectivity index (χ2n) is 5.79. The first-order chi connectivity index (χ1) is 7.31. The Morgan fingerprint density at radius 1 is 1.07 bits per heavy atom. The zero-order chi connectivity index (χ0) is 10.7. The molecule has 1 nitrogen and oxygen atoms in total. The summed E-state index contributed by atoms with van der Waals surface area (Å²) in [4.78, 5) is 0. The van der Waals surface area contributed by atoms with Crippen LogP contribution in [0.15, 0.2) is 0 Å². The summed E-state index contributed by atoms with van der Waals surface area (Å²) in [6.07, 6.45) is 10.2. The van der Waals surface area contributed by atoms with Crippen LogP contribution < -0.4 is 5.32 Å². The van der Waals surface area contributed by atoms with Crippen LogP contribution in [0, 0.1) is 17.8 Å². The van der Waals surface area contributed by atoms with Crippen molar-refractivity contribution in [3.05, 3.63) is 0 Å². The SMILES string of the molecule is CCC1CCC(C2NCCCC2C)CC1. The summed E-state index contributed by atoms with van der Waals surface area (Å²) >= 11 is 0. The summed E-state index contributed by atoms with van der Waals surface area (Å²) in [6.45, 7) is 6.07. The molecule has 0 spiro atoms. The molecule has 1 heterocycles. The Balaban J connectivity index is 1.83. The van der Waals surface area contributed by atoms with E-state index in [9.17, 15) is 0 Å². The van der Waals surface area contributed by atoms with Crippen molar-refractivity contribution in [2.24, 2.45) is 17.8 Å². The summed E-state index contributed by atoms with van der Waals surface area (Å²) in [5.74, 6) is 2.95. The molecule has 2 fully saturated rings. The number of hydrogen-bond acceptors (Lipinski definition) is 1. The van der Waals surface area contributed by atoms with Crippen LogP contribution in [0.4, 0.5) is 0 Å². The minimum Gasteiger partial charge on any atom is -0.313 e. The van der Waals surface area contributed by atoms with E-state index in [1.807, 2.05) is 0 Å². The molecule has 1 N–H and O–H groups in total. The molecule has 0 radical (unpaired) electrons. The maximum atomic E-state index is 3.77. The van der Waals surface area contributed by atoms with Crippen LogP contribution >= 0.6 is 0 Å². The van der Waals surface area contributed by atoms with E-state index in [0.29, 0.717) is 0 Å². The smallest absolute Gasteiger partial charge is 0.0121 e. The molecule has 0 amide bonds. The van der Waals surface area contributed by atoms with E-state index in [2.05, 4.69) is 19.2 Å². The Kier molecular flexibility index (Phi) is 4.07. The number of rotatable bonds is 2. The Morgan fingerprint density at radius 2 is 1.80 bits per heavy atom. The fraction of sp³-hybridized carbons (Fsp3) is 1.00. The number of piperidine rings is 1. The van der Waals surface area contributed by atoms with E-state index in [1.54, 1.807) is 0 Å². The molecular formula is C14H27N. The van der Waals surface area contributed by atoms with Gasteiger partial charge in [-0.05, 0) is 50.0 Å². The van der Waals surface area contributed by atoms with Gasteiger partial charge < -0.3 is 5.32 Å². The third-order valence-electron chi connectivity index (χ3n) is 4.81. The number of hydrogen-bond donors (Lipinski definition) is 1. The first kappa shape index (κ1) is 11.4. The van der Waals surface area contributed by atoms with Crippen molar-refractivity contribution in [2.45, 2.75) is 64.8 Å². The molecule has 1 aliphatic carbocycles. The number of nitrogens with one attached hydrogen (secondary N) is 1. The van der Waals surface area contributed by atoms with E-state index in [0.717, 1.165) is 23.8 Å². The predicted molar refractivity (Wildman–Crippen MR) is 65.9 cm³/mol. The van der Waals surface area contributed by atoms with E-state index in [1.165, 1.54) is 51.5 Å². The highest BCUT2D eigenvalue weighted by atomic mass is 14.9. The highest BCUT2D eigenvalue weighted by molar-refractivity contribution is 4.87. The highest BCUT2D eigenvalue weighted by Gasteiger charge is 2.31. The van der Waals surface area contributed by atoms with Crippen LogP contribution in [0.2, 0.25) is 0 Å². The molecule has 0 aromatic rings. The molecule has 2 unspecified atom stereocenters. The zero-order valence-corrected chi connectivity index (χ0v) is 10.5. The van der Waals surface area contributed by atoms with Crippen molar-refractivity contribution >= 4 is 0 Å². The lowest BCUT2D eigenvalue weighted by molar-refractivity contribution is 0.158. The molecular weight excluding hydrogens is 182 g/mol. The first-order valence-electron chi connectivity index (χ1n) is 7.04. The highest BCUT2D eigenvalue weighted by Crippen LogP contribution is 2.36. The summed E-state index contributed by atoms with van der Waals surface area (Å²) in [5.41, 5.74) is 0. The molecule has 0 aromatic heterocycles. The van der Waals surface area contributed by atoms with Gasteiger partial charge >= 0.3 is 0 Å². The molecule has 1 saturated carbocycles. The van der Waals surface area contributed by atoms with E-state index in [4.69, 9.17) is 0 Å². The van der Waals surface area contributed by atoms with Gasteiger partial charge in [-0.25, -0.2) is 0 Å². The second kappa shape index (κ2) is 5.34. The molecule has 15 heavy (non-hydrogen) atoms. The molecule has 1 heteroatoms. The van der Waals surface area contributed by atoms with Gasteiger partial charge in [0.2, 0.25) is 0 Å². The third-order valence-corrected chi connectivity index (χ3v) is 4.81. The molecule has 2 atom stereocenters. The maximum absolute atomic E-state index is 3.77. The van der Waals surface area contributed by atoms with E-state index < -0.39 is 0 Å². The first-order valence-corrected chi connectivity index (χ1v) is 7.04. The van der Waals surface area contributed by atoms with Gasteiger partial charge in [0.1, 0.15) is 0 Å². The van der Waals surface area contributed by atoms with Crippen LogP contribution in [-0.2, 0) is 0 Å². The van der Waals surface area contributed by atoms with Crippen LogP contribution in [0.1, 0.15) is 58.8 Å². The Labute approximate surface area is 95.0 Å². The molecule has 1 aliphatic heterocycles. The van der Waals surface area contributed by atoms with E-state index >= 15 is 0 Å². The van der Waals surface area contributed by atoms with Crippen LogP contribution in [0.5, 0.6) is 0 Å². The van der Waals surface area contributed by atoms with Crippen LogP contribution in [0.25, 0.3) is 0 Å². The predicted octanol–water partition coefficient (Wildman–Crippen LogP) is 3.59. The van der Waals surface area contributed by atoms with Gasteiger partial charge in [-0.15, -0.1) is 0 Å². The van der Waals surface area contributed by atoms with Crippen LogP contribution in [-0.4, -0.2) is 12.6 Å². The van der Waals surface area contributed by atoms with Gasteiger partial charge in [-0.2, -0.15) is 0 Å². The normalized spacial score (nSPS) is 42.8. The fourth-order valence-corrected chi connectivity index (χ4v) is 3.66. The third kappa shape index (κ3) is 2.75. The topological polar surface area (TPSA) is 12.0 Å². The molecule has 88 valence electrons. The second-order valence-corrected chi connectivity index (χ2v) is 5.79. The Hall–Kier alpha value is -0.0400. The molecule has 1 saturated heterocycles. The lowest BCUT2D eigenvalue weighted by Crippen LogP contribution is -2.46. The van der Waals surface area contributed by atoms with Crippen molar-refractivity contribution in [1.82, 2.24) is 5.32 Å². The standard InChI is InChI=1S/C14H27N/c1-3-12-6-8-13(9-7-12)14-11(2)5-4-10-15-14/h11-15H,3-10H2,1-2H3. The zero-order valence-electron chi connectivity index (χ0n) is 10.5. The van der Waals surface area contributed by atoms with Crippen molar-refractivity contribution in [1.29, 1.82) is 0 Å². The van der Waals surface area contributed by atoms with Gasteiger partial charge in [-0.1, -0.05) is 33.1 Å². The van der Waals surface area contributed by atoms with Gasteiger partial charge in [0.15, 0.2) is 0 Å².